The number of urea groups is 1. The molecule has 0 unspecified atom stereocenters. The van der Waals surface area contributed by atoms with E-state index in [2.05, 4.69) is 5.32 Å². The highest BCUT2D eigenvalue weighted by Crippen LogP contribution is 2.10. The van der Waals surface area contributed by atoms with Gasteiger partial charge in [-0.25, -0.2) is 14.0 Å². The number of aliphatic carboxylic acids is 1. The van der Waals surface area contributed by atoms with E-state index >= 15 is 0 Å². The van der Waals surface area contributed by atoms with Crippen LogP contribution >= 0.6 is 0 Å². The van der Waals surface area contributed by atoms with Crippen molar-refractivity contribution >= 4 is 17.9 Å². The molecule has 7 heteroatoms. The summed E-state index contributed by atoms with van der Waals surface area (Å²) in [5.41, 5.74) is 1.66. The van der Waals surface area contributed by atoms with Crippen molar-refractivity contribution in [2.75, 3.05) is 6.54 Å². The Bertz CT molecular complexity index is 584. The lowest BCUT2D eigenvalue weighted by Crippen LogP contribution is -2.39. The molecule has 0 radical (unpaired) electrons. The number of nitrogens with one attached hydrogen (secondary N) is 2. The third-order valence-electron chi connectivity index (χ3n) is 2.60. The summed E-state index contributed by atoms with van der Waals surface area (Å²) in [6, 6.07) is 3.64. The van der Waals surface area contributed by atoms with Crippen molar-refractivity contribution < 1.29 is 23.9 Å². The van der Waals surface area contributed by atoms with E-state index in [0.717, 1.165) is 17.2 Å². The van der Waals surface area contributed by atoms with Crippen LogP contribution < -0.4 is 10.6 Å². The maximum Gasteiger partial charge on any atom is 0.328 e. The highest BCUT2D eigenvalue weighted by atomic mass is 19.1. The molecule has 0 saturated heterocycles. The molecule has 0 atom stereocenters. The van der Waals surface area contributed by atoms with Gasteiger partial charge in [0, 0.05) is 18.7 Å². The standard InChI is InChI=1S/C14H15FN2O4/c1-9-8-11(15)3-2-10(9)6-7-16-14(21)17-12(18)4-5-13(19)20/h2-5,8H,6-7H2,1H3,(H,19,20)(H2,16,17,18,21)/b5-4+. The van der Waals surface area contributed by atoms with Crippen LogP contribution in [-0.2, 0) is 16.0 Å². The molecule has 1 rings (SSSR count). The summed E-state index contributed by atoms with van der Waals surface area (Å²) in [4.78, 5) is 32.6. The Morgan fingerprint density at radius 2 is 2.00 bits per heavy atom. The van der Waals surface area contributed by atoms with Crippen LogP contribution in [0.25, 0.3) is 0 Å². The third-order valence-corrected chi connectivity index (χ3v) is 2.60. The Balaban J connectivity index is 2.36. The molecule has 6 nitrogen and oxygen atoms in total. The Morgan fingerprint density at radius 1 is 1.29 bits per heavy atom. The average Bonchev–Trinajstić information content (AvgIpc) is 2.39. The minimum absolute atomic E-state index is 0.258. The fourth-order valence-electron chi connectivity index (χ4n) is 1.60. The molecule has 3 N–H and O–H groups in total. The second-order valence-electron chi connectivity index (χ2n) is 4.24. The second-order valence-corrected chi connectivity index (χ2v) is 4.24. The number of rotatable bonds is 5. The first-order valence-electron chi connectivity index (χ1n) is 6.13. The van der Waals surface area contributed by atoms with Crippen LogP contribution in [0.2, 0.25) is 0 Å². The molecule has 1 aromatic carbocycles. The summed E-state index contributed by atoms with van der Waals surface area (Å²) in [6.07, 6.45) is 1.86. The van der Waals surface area contributed by atoms with Crippen LogP contribution in [0.3, 0.4) is 0 Å². The first kappa shape index (κ1) is 16.4. The molecular weight excluding hydrogens is 279 g/mol. The predicted molar refractivity (Wildman–Crippen MR) is 73.2 cm³/mol. The first-order chi connectivity index (χ1) is 9.88. The molecule has 0 saturated carbocycles. The van der Waals surface area contributed by atoms with E-state index in [-0.39, 0.29) is 12.4 Å². The zero-order valence-electron chi connectivity index (χ0n) is 11.4. The number of imide groups is 1. The van der Waals surface area contributed by atoms with Gasteiger partial charge in [0.1, 0.15) is 5.82 Å². The molecular formula is C14H15FN2O4. The van der Waals surface area contributed by atoms with Gasteiger partial charge in [0.25, 0.3) is 5.91 Å². The van der Waals surface area contributed by atoms with Gasteiger partial charge >= 0.3 is 12.0 Å². The fraction of sp³-hybridized carbons (Fsp3) is 0.214. The van der Waals surface area contributed by atoms with Crippen molar-refractivity contribution in [1.29, 1.82) is 0 Å². The Kier molecular flexibility index (Phi) is 6.06. The van der Waals surface area contributed by atoms with Crippen molar-refractivity contribution in [3.8, 4) is 0 Å². The van der Waals surface area contributed by atoms with Crippen LogP contribution in [-0.4, -0.2) is 29.6 Å². The predicted octanol–water partition coefficient (Wildman–Crippen LogP) is 1.14. The third kappa shape index (κ3) is 6.33. The van der Waals surface area contributed by atoms with Gasteiger partial charge in [-0.1, -0.05) is 6.07 Å². The van der Waals surface area contributed by atoms with Gasteiger partial charge in [0.2, 0.25) is 0 Å². The highest BCUT2D eigenvalue weighted by molar-refractivity contribution is 6.02. The maximum absolute atomic E-state index is 12.9. The minimum atomic E-state index is -1.28. The Morgan fingerprint density at radius 3 is 2.62 bits per heavy atom. The smallest absolute Gasteiger partial charge is 0.328 e. The van der Waals surface area contributed by atoms with E-state index in [0.29, 0.717) is 12.5 Å². The van der Waals surface area contributed by atoms with Crippen molar-refractivity contribution in [2.24, 2.45) is 0 Å². The topological polar surface area (TPSA) is 95.5 Å². The van der Waals surface area contributed by atoms with E-state index in [1.807, 2.05) is 5.32 Å². The number of carboxylic acid groups (broad SMARTS) is 1. The van der Waals surface area contributed by atoms with Crippen LogP contribution in [0.15, 0.2) is 30.4 Å². The van der Waals surface area contributed by atoms with Gasteiger partial charge in [-0.3, -0.25) is 10.1 Å². The summed E-state index contributed by atoms with van der Waals surface area (Å²) in [5.74, 6) is -2.43. The molecule has 3 amide bonds. The number of amides is 3. The monoisotopic (exact) mass is 294 g/mol. The fourth-order valence-corrected chi connectivity index (χ4v) is 1.60. The minimum Gasteiger partial charge on any atom is -0.478 e. The van der Waals surface area contributed by atoms with Crippen molar-refractivity contribution in [1.82, 2.24) is 10.6 Å². The first-order valence-corrected chi connectivity index (χ1v) is 6.13. The van der Waals surface area contributed by atoms with E-state index in [4.69, 9.17) is 5.11 Å². The van der Waals surface area contributed by atoms with Crippen LogP contribution in [0.1, 0.15) is 11.1 Å². The maximum atomic E-state index is 12.9. The second kappa shape index (κ2) is 7.78. The number of hydrogen-bond donors (Lipinski definition) is 3. The quantitative estimate of drug-likeness (QED) is 0.710. The van der Waals surface area contributed by atoms with E-state index in [1.165, 1.54) is 12.1 Å². The van der Waals surface area contributed by atoms with Crippen molar-refractivity contribution in [3.63, 3.8) is 0 Å². The summed E-state index contributed by atoms with van der Waals surface area (Å²) in [5, 5.41) is 12.7. The zero-order chi connectivity index (χ0) is 15.8. The molecule has 0 aromatic heterocycles. The van der Waals surface area contributed by atoms with E-state index in [9.17, 15) is 18.8 Å². The molecule has 0 bridgehead atoms. The van der Waals surface area contributed by atoms with Crippen molar-refractivity contribution in [2.45, 2.75) is 13.3 Å². The zero-order valence-corrected chi connectivity index (χ0v) is 11.4. The number of carbonyl (C=O) groups excluding carboxylic acids is 2. The van der Waals surface area contributed by atoms with E-state index in [1.54, 1.807) is 13.0 Å². The number of carboxylic acids is 1. The summed E-state index contributed by atoms with van der Waals surface area (Å²) in [6.45, 7) is 2.02. The number of carbonyl (C=O) groups is 3. The highest BCUT2D eigenvalue weighted by Gasteiger charge is 2.05. The van der Waals surface area contributed by atoms with Crippen LogP contribution in [0.4, 0.5) is 9.18 Å². The Hall–Kier alpha value is -2.70. The van der Waals surface area contributed by atoms with Crippen LogP contribution in [0.5, 0.6) is 0 Å². The largest absolute Gasteiger partial charge is 0.478 e. The molecule has 0 spiro atoms. The number of halogens is 1. The van der Waals surface area contributed by atoms with Gasteiger partial charge < -0.3 is 10.4 Å². The molecule has 21 heavy (non-hydrogen) atoms. The van der Waals surface area contributed by atoms with Gasteiger partial charge in [-0.05, 0) is 36.6 Å². The summed E-state index contributed by atoms with van der Waals surface area (Å²) < 4.78 is 12.9. The molecule has 0 aliphatic carbocycles. The lowest BCUT2D eigenvalue weighted by atomic mass is 10.1. The normalized spacial score (nSPS) is 10.4. The molecule has 1 aromatic rings. The molecule has 0 heterocycles. The summed E-state index contributed by atoms with van der Waals surface area (Å²) >= 11 is 0. The molecule has 0 aliphatic rings. The number of aryl methyl sites for hydroxylation is 1. The lowest BCUT2D eigenvalue weighted by molar-refractivity contribution is -0.131. The van der Waals surface area contributed by atoms with Gasteiger partial charge in [-0.2, -0.15) is 0 Å². The van der Waals surface area contributed by atoms with Gasteiger partial charge in [-0.15, -0.1) is 0 Å². The van der Waals surface area contributed by atoms with Crippen LogP contribution in [0, 0.1) is 12.7 Å². The van der Waals surface area contributed by atoms with Gasteiger partial charge in [0.05, 0.1) is 0 Å². The van der Waals surface area contributed by atoms with Gasteiger partial charge in [0.15, 0.2) is 0 Å². The SMILES string of the molecule is Cc1cc(F)ccc1CCNC(=O)NC(=O)/C=C/C(=O)O. The van der Waals surface area contributed by atoms with Crippen molar-refractivity contribution in [3.05, 3.63) is 47.3 Å². The number of hydrogen-bond acceptors (Lipinski definition) is 3. The average molecular weight is 294 g/mol. The van der Waals surface area contributed by atoms with E-state index < -0.39 is 17.9 Å². The number of benzene rings is 1. The Labute approximate surface area is 120 Å². The molecule has 112 valence electrons. The summed E-state index contributed by atoms with van der Waals surface area (Å²) in [7, 11) is 0. The lowest BCUT2D eigenvalue weighted by Gasteiger charge is -2.07. The molecule has 0 aliphatic heterocycles. The molecule has 0 fully saturated rings.